The number of carbonyl (C=O) groups is 1. The molecular formula is C17H24N2O3S. The van der Waals surface area contributed by atoms with Crippen LogP contribution in [0.5, 0.6) is 0 Å². The van der Waals surface area contributed by atoms with Gasteiger partial charge in [0.25, 0.3) is 5.91 Å². The number of sulfonamides is 1. The van der Waals surface area contributed by atoms with Gasteiger partial charge < -0.3 is 5.32 Å². The van der Waals surface area contributed by atoms with Gasteiger partial charge in [-0.25, -0.2) is 8.42 Å². The molecule has 1 heterocycles. The molecule has 1 aromatic rings. The van der Waals surface area contributed by atoms with Crippen LogP contribution in [-0.4, -0.2) is 33.2 Å². The molecule has 1 aliphatic heterocycles. The van der Waals surface area contributed by atoms with E-state index in [2.05, 4.69) is 5.32 Å². The van der Waals surface area contributed by atoms with Crippen LogP contribution in [0.15, 0.2) is 24.3 Å². The maximum atomic E-state index is 12.3. The van der Waals surface area contributed by atoms with E-state index in [1.807, 2.05) is 0 Å². The zero-order chi connectivity index (χ0) is 16.3. The lowest BCUT2D eigenvalue weighted by atomic mass is 10.1. The molecule has 1 saturated carbocycles. The predicted molar refractivity (Wildman–Crippen MR) is 91.1 cm³/mol. The Morgan fingerprint density at radius 3 is 2.70 bits per heavy atom. The summed E-state index contributed by atoms with van der Waals surface area (Å²) >= 11 is 0. The number of hydrogen-bond donors (Lipinski definition) is 1. The Labute approximate surface area is 138 Å². The molecule has 1 saturated heterocycles. The Kier molecular flexibility index (Phi) is 4.90. The Balaban J connectivity index is 1.70. The second kappa shape index (κ2) is 6.91. The van der Waals surface area contributed by atoms with Gasteiger partial charge in [-0.3, -0.25) is 9.10 Å². The summed E-state index contributed by atoms with van der Waals surface area (Å²) in [5.74, 6) is 0.656. The number of nitrogens with one attached hydrogen (secondary N) is 1. The Hall–Kier alpha value is -1.56. The fourth-order valence-corrected chi connectivity index (χ4v) is 5.07. The van der Waals surface area contributed by atoms with Crippen LogP contribution in [0.25, 0.3) is 0 Å². The molecule has 0 radical (unpaired) electrons. The third-order valence-electron chi connectivity index (χ3n) is 4.77. The van der Waals surface area contributed by atoms with Crippen molar-refractivity contribution in [3.8, 4) is 0 Å². The summed E-state index contributed by atoms with van der Waals surface area (Å²) in [5.41, 5.74) is 1.12. The van der Waals surface area contributed by atoms with Gasteiger partial charge in [0.2, 0.25) is 10.0 Å². The van der Waals surface area contributed by atoms with Crippen molar-refractivity contribution in [1.29, 1.82) is 0 Å². The highest BCUT2D eigenvalue weighted by Crippen LogP contribution is 2.25. The Morgan fingerprint density at radius 2 is 1.96 bits per heavy atom. The molecule has 0 bridgehead atoms. The molecule has 3 rings (SSSR count). The molecule has 2 fully saturated rings. The fraction of sp³-hybridized carbons (Fsp3) is 0.588. The molecule has 1 amide bonds. The highest BCUT2D eigenvalue weighted by Gasteiger charge is 2.26. The van der Waals surface area contributed by atoms with Crippen LogP contribution in [0.4, 0.5) is 5.69 Å². The lowest BCUT2D eigenvalue weighted by Gasteiger charge is -2.28. The third kappa shape index (κ3) is 3.86. The number of hydrogen-bond acceptors (Lipinski definition) is 3. The van der Waals surface area contributed by atoms with Crippen molar-refractivity contribution in [3.05, 3.63) is 29.8 Å². The Morgan fingerprint density at radius 1 is 1.17 bits per heavy atom. The summed E-state index contributed by atoms with van der Waals surface area (Å²) in [4.78, 5) is 12.3. The topological polar surface area (TPSA) is 66.5 Å². The molecule has 0 atom stereocenters. The summed E-state index contributed by atoms with van der Waals surface area (Å²) in [6, 6.07) is 6.94. The number of rotatable bonds is 4. The van der Waals surface area contributed by atoms with Crippen molar-refractivity contribution in [2.75, 3.05) is 23.1 Å². The molecule has 1 aromatic carbocycles. The minimum Gasteiger partial charge on any atom is -0.352 e. The molecule has 126 valence electrons. The molecule has 1 aliphatic carbocycles. The van der Waals surface area contributed by atoms with Crippen molar-refractivity contribution in [1.82, 2.24) is 5.32 Å². The van der Waals surface area contributed by atoms with E-state index in [4.69, 9.17) is 0 Å². The molecule has 1 N–H and O–H groups in total. The highest BCUT2D eigenvalue weighted by atomic mass is 32.2. The molecule has 6 heteroatoms. The van der Waals surface area contributed by atoms with Crippen LogP contribution in [0.2, 0.25) is 0 Å². The van der Waals surface area contributed by atoms with Gasteiger partial charge >= 0.3 is 0 Å². The van der Waals surface area contributed by atoms with E-state index >= 15 is 0 Å². The molecule has 0 unspecified atom stereocenters. The summed E-state index contributed by atoms with van der Waals surface area (Å²) in [6.07, 6.45) is 6.45. The zero-order valence-electron chi connectivity index (χ0n) is 13.3. The van der Waals surface area contributed by atoms with E-state index < -0.39 is 10.0 Å². The fourth-order valence-electron chi connectivity index (χ4n) is 3.43. The van der Waals surface area contributed by atoms with Crippen molar-refractivity contribution in [3.63, 3.8) is 0 Å². The summed E-state index contributed by atoms with van der Waals surface area (Å²) in [6.45, 7) is 1.21. The first-order valence-corrected chi connectivity index (χ1v) is 10.1. The summed E-state index contributed by atoms with van der Waals surface area (Å²) in [7, 11) is -3.24. The van der Waals surface area contributed by atoms with E-state index in [-0.39, 0.29) is 11.7 Å². The van der Waals surface area contributed by atoms with Crippen molar-refractivity contribution >= 4 is 21.6 Å². The second-order valence-electron chi connectivity index (χ2n) is 6.51. The number of carbonyl (C=O) groups excluding carboxylic acids is 1. The minimum atomic E-state index is -3.24. The number of amides is 1. The largest absolute Gasteiger partial charge is 0.352 e. The first-order valence-electron chi connectivity index (χ1n) is 8.45. The predicted octanol–water partition coefficient (Wildman–Crippen LogP) is 2.54. The Bertz CT molecular complexity index is 666. The first-order chi connectivity index (χ1) is 11.1. The second-order valence-corrected chi connectivity index (χ2v) is 8.52. The maximum absolute atomic E-state index is 12.3. The monoisotopic (exact) mass is 336 g/mol. The van der Waals surface area contributed by atoms with Gasteiger partial charge in [-0.15, -0.1) is 0 Å². The van der Waals surface area contributed by atoms with E-state index in [0.29, 0.717) is 36.7 Å². The van der Waals surface area contributed by atoms with E-state index in [9.17, 15) is 13.2 Å². The summed E-state index contributed by atoms with van der Waals surface area (Å²) in [5, 5.41) is 2.98. The van der Waals surface area contributed by atoms with Gasteiger partial charge in [0.15, 0.2) is 0 Å². The van der Waals surface area contributed by atoms with Gasteiger partial charge in [0.1, 0.15) is 0 Å². The van der Waals surface area contributed by atoms with Crippen LogP contribution < -0.4 is 9.62 Å². The van der Waals surface area contributed by atoms with Crippen LogP contribution in [0.3, 0.4) is 0 Å². The molecule has 0 aromatic heterocycles. The van der Waals surface area contributed by atoms with Gasteiger partial charge in [-0.05, 0) is 49.8 Å². The van der Waals surface area contributed by atoms with Gasteiger partial charge in [-0.2, -0.15) is 0 Å². The normalized spacial score (nSPS) is 21.3. The van der Waals surface area contributed by atoms with Gasteiger partial charge in [0, 0.05) is 18.7 Å². The van der Waals surface area contributed by atoms with Crippen molar-refractivity contribution in [2.45, 2.75) is 38.5 Å². The maximum Gasteiger partial charge on any atom is 0.251 e. The van der Waals surface area contributed by atoms with Gasteiger partial charge in [0.05, 0.1) is 11.4 Å². The number of anilines is 1. The zero-order valence-corrected chi connectivity index (χ0v) is 14.1. The van der Waals surface area contributed by atoms with Gasteiger partial charge in [-0.1, -0.05) is 18.9 Å². The van der Waals surface area contributed by atoms with Crippen molar-refractivity contribution < 1.29 is 13.2 Å². The van der Waals surface area contributed by atoms with Crippen LogP contribution in [0.1, 0.15) is 48.9 Å². The SMILES string of the molecule is O=C(NCC1CCCC1)c1cccc(N2CCCCS2(=O)=O)c1. The molecule has 2 aliphatic rings. The molecule has 23 heavy (non-hydrogen) atoms. The molecular weight excluding hydrogens is 312 g/mol. The van der Waals surface area contributed by atoms with E-state index in [0.717, 1.165) is 6.42 Å². The number of nitrogens with zero attached hydrogens (tertiary/aromatic N) is 1. The standard InChI is InChI=1S/C17H24N2O3S/c20-17(18-13-14-6-1-2-7-14)15-8-5-9-16(12-15)19-10-3-4-11-23(19,21)22/h5,8-9,12,14H,1-4,6-7,10-11,13H2,(H,18,20). The van der Waals surface area contributed by atoms with Crippen molar-refractivity contribution in [2.24, 2.45) is 5.92 Å². The average molecular weight is 336 g/mol. The molecule has 5 nitrogen and oxygen atoms in total. The lowest BCUT2D eigenvalue weighted by Crippen LogP contribution is -2.38. The number of benzene rings is 1. The quantitative estimate of drug-likeness (QED) is 0.919. The van der Waals surface area contributed by atoms with Crippen LogP contribution >= 0.6 is 0 Å². The first kappa shape index (κ1) is 16.3. The summed E-state index contributed by atoms with van der Waals surface area (Å²) < 4.78 is 25.8. The minimum absolute atomic E-state index is 0.117. The average Bonchev–Trinajstić information content (AvgIpc) is 3.06. The molecule has 0 spiro atoms. The van der Waals surface area contributed by atoms with E-state index in [1.165, 1.54) is 30.0 Å². The highest BCUT2D eigenvalue weighted by molar-refractivity contribution is 7.92. The van der Waals surface area contributed by atoms with Crippen LogP contribution in [0, 0.1) is 5.92 Å². The van der Waals surface area contributed by atoms with E-state index in [1.54, 1.807) is 24.3 Å². The lowest BCUT2D eigenvalue weighted by molar-refractivity contribution is 0.0947. The smallest absolute Gasteiger partial charge is 0.251 e. The third-order valence-corrected chi connectivity index (χ3v) is 6.64. The van der Waals surface area contributed by atoms with Crippen LogP contribution in [-0.2, 0) is 10.0 Å².